The van der Waals surface area contributed by atoms with E-state index in [1.54, 1.807) is 23.3 Å². The van der Waals surface area contributed by atoms with Crippen LogP contribution in [-0.2, 0) is 11.3 Å². The van der Waals surface area contributed by atoms with Crippen molar-refractivity contribution in [2.75, 3.05) is 7.05 Å². The van der Waals surface area contributed by atoms with Gasteiger partial charge in [-0.15, -0.1) is 11.3 Å². The highest BCUT2D eigenvalue weighted by Crippen LogP contribution is 2.20. The van der Waals surface area contributed by atoms with E-state index in [-0.39, 0.29) is 11.3 Å². The van der Waals surface area contributed by atoms with Crippen LogP contribution in [0, 0.1) is 5.41 Å². The zero-order valence-electron chi connectivity index (χ0n) is 10.4. The second-order valence-corrected chi connectivity index (χ2v) is 6.15. The molecule has 0 aliphatic heterocycles. The third kappa shape index (κ3) is 3.32. The molecule has 0 aliphatic carbocycles. The molecule has 0 aromatic carbocycles. The van der Waals surface area contributed by atoms with E-state index >= 15 is 0 Å². The number of carbonyl (C=O) groups excluding carboxylic acids is 1. The number of nitrogens with zero attached hydrogens (tertiary/aromatic N) is 1. The molecule has 0 bridgehead atoms. The topological polar surface area (TPSA) is 46.3 Å². The monoisotopic (exact) mass is 240 g/mol. The van der Waals surface area contributed by atoms with Crippen molar-refractivity contribution in [3.05, 3.63) is 22.4 Å². The van der Waals surface area contributed by atoms with Gasteiger partial charge in [0.05, 0.1) is 12.6 Å². The number of amides is 1. The molecular formula is C12H20N2OS. The highest BCUT2D eigenvalue weighted by atomic mass is 32.1. The number of hydrogen-bond donors (Lipinski definition) is 1. The summed E-state index contributed by atoms with van der Waals surface area (Å²) in [5.41, 5.74) is 5.74. The first-order chi connectivity index (χ1) is 7.32. The summed E-state index contributed by atoms with van der Waals surface area (Å²) in [7, 11) is 1.80. The van der Waals surface area contributed by atoms with Gasteiger partial charge in [0, 0.05) is 11.9 Å². The van der Waals surface area contributed by atoms with Crippen LogP contribution in [0.4, 0.5) is 0 Å². The SMILES string of the molecule is CN(Cc1cccs1)C(=O)C(N)C(C)(C)C. The Morgan fingerprint density at radius 2 is 2.19 bits per heavy atom. The lowest BCUT2D eigenvalue weighted by molar-refractivity contribution is -0.134. The number of rotatable bonds is 3. The zero-order valence-corrected chi connectivity index (χ0v) is 11.2. The van der Waals surface area contributed by atoms with Crippen molar-refractivity contribution >= 4 is 17.2 Å². The Labute approximate surface area is 101 Å². The molecule has 1 rings (SSSR count). The highest BCUT2D eigenvalue weighted by Gasteiger charge is 2.29. The molecule has 0 spiro atoms. The van der Waals surface area contributed by atoms with Gasteiger partial charge in [-0.2, -0.15) is 0 Å². The summed E-state index contributed by atoms with van der Waals surface area (Å²) < 4.78 is 0. The molecule has 0 saturated carbocycles. The number of thiophene rings is 1. The first-order valence-corrected chi connectivity index (χ1v) is 6.23. The van der Waals surface area contributed by atoms with Crippen molar-refractivity contribution < 1.29 is 4.79 Å². The molecule has 1 atom stereocenters. The smallest absolute Gasteiger partial charge is 0.240 e. The predicted octanol–water partition coefficient (Wildman–Crippen LogP) is 2.08. The van der Waals surface area contributed by atoms with Crippen LogP contribution in [-0.4, -0.2) is 23.9 Å². The summed E-state index contributed by atoms with van der Waals surface area (Å²) in [5.74, 6) is 0.000833. The Morgan fingerprint density at radius 3 is 2.62 bits per heavy atom. The molecular weight excluding hydrogens is 220 g/mol. The summed E-state index contributed by atoms with van der Waals surface area (Å²) in [6.45, 7) is 6.58. The Morgan fingerprint density at radius 1 is 1.56 bits per heavy atom. The van der Waals surface area contributed by atoms with E-state index in [0.717, 1.165) is 0 Å². The second-order valence-electron chi connectivity index (χ2n) is 5.12. The van der Waals surface area contributed by atoms with E-state index in [1.165, 1.54) is 4.88 Å². The highest BCUT2D eigenvalue weighted by molar-refractivity contribution is 7.09. The molecule has 0 fully saturated rings. The normalized spacial score (nSPS) is 13.6. The average molecular weight is 240 g/mol. The van der Waals surface area contributed by atoms with E-state index < -0.39 is 6.04 Å². The van der Waals surface area contributed by atoms with E-state index in [9.17, 15) is 4.79 Å². The Balaban J connectivity index is 2.61. The second kappa shape index (κ2) is 4.97. The summed E-state index contributed by atoms with van der Waals surface area (Å²) in [4.78, 5) is 14.9. The lowest BCUT2D eigenvalue weighted by Crippen LogP contribution is -2.48. The van der Waals surface area contributed by atoms with Gasteiger partial charge < -0.3 is 10.6 Å². The fourth-order valence-electron chi connectivity index (χ4n) is 1.32. The molecule has 90 valence electrons. The van der Waals surface area contributed by atoms with E-state index in [2.05, 4.69) is 0 Å². The van der Waals surface area contributed by atoms with Crippen molar-refractivity contribution in [2.24, 2.45) is 11.1 Å². The molecule has 0 aliphatic rings. The first kappa shape index (κ1) is 13.2. The summed E-state index contributed by atoms with van der Waals surface area (Å²) >= 11 is 1.65. The average Bonchev–Trinajstić information content (AvgIpc) is 2.66. The van der Waals surface area contributed by atoms with Crippen molar-refractivity contribution in [2.45, 2.75) is 33.4 Å². The largest absolute Gasteiger partial charge is 0.339 e. The zero-order chi connectivity index (χ0) is 12.3. The Hall–Kier alpha value is -0.870. The molecule has 0 radical (unpaired) electrons. The minimum Gasteiger partial charge on any atom is -0.339 e. The molecule has 2 N–H and O–H groups in total. The fraction of sp³-hybridized carbons (Fsp3) is 0.583. The lowest BCUT2D eigenvalue weighted by Gasteiger charge is -2.29. The van der Waals surface area contributed by atoms with Crippen LogP contribution in [0.2, 0.25) is 0 Å². The minimum absolute atomic E-state index is 0.000833. The third-order valence-corrected chi connectivity index (χ3v) is 3.41. The summed E-state index contributed by atoms with van der Waals surface area (Å²) in [6, 6.07) is 3.57. The molecule has 4 heteroatoms. The van der Waals surface area contributed by atoms with Gasteiger partial charge in [0.25, 0.3) is 0 Å². The summed E-state index contributed by atoms with van der Waals surface area (Å²) in [6.07, 6.45) is 0. The van der Waals surface area contributed by atoms with Crippen LogP contribution in [0.25, 0.3) is 0 Å². The molecule has 1 amide bonds. The van der Waals surface area contributed by atoms with Gasteiger partial charge in [-0.25, -0.2) is 0 Å². The number of nitrogens with two attached hydrogens (primary N) is 1. The van der Waals surface area contributed by atoms with Crippen LogP contribution < -0.4 is 5.73 Å². The van der Waals surface area contributed by atoms with Gasteiger partial charge in [0.1, 0.15) is 0 Å². The molecule has 1 heterocycles. The number of hydrogen-bond acceptors (Lipinski definition) is 3. The fourth-order valence-corrected chi connectivity index (χ4v) is 2.08. The number of carbonyl (C=O) groups is 1. The first-order valence-electron chi connectivity index (χ1n) is 5.35. The lowest BCUT2D eigenvalue weighted by atomic mass is 9.86. The quantitative estimate of drug-likeness (QED) is 0.879. The maximum Gasteiger partial charge on any atom is 0.240 e. The predicted molar refractivity (Wildman–Crippen MR) is 68.2 cm³/mol. The van der Waals surface area contributed by atoms with Crippen LogP contribution >= 0.6 is 11.3 Å². The Bertz CT molecular complexity index is 340. The van der Waals surface area contributed by atoms with Gasteiger partial charge in [0.15, 0.2) is 0 Å². The van der Waals surface area contributed by atoms with Gasteiger partial charge in [0.2, 0.25) is 5.91 Å². The van der Waals surface area contributed by atoms with Crippen LogP contribution in [0.3, 0.4) is 0 Å². The maximum absolute atomic E-state index is 12.0. The van der Waals surface area contributed by atoms with Crippen LogP contribution in [0.15, 0.2) is 17.5 Å². The van der Waals surface area contributed by atoms with Gasteiger partial charge in [-0.05, 0) is 16.9 Å². The molecule has 1 aromatic rings. The Kier molecular flexibility index (Phi) is 4.10. The van der Waals surface area contributed by atoms with E-state index in [1.807, 2.05) is 38.3 Å². The molecule has 16 heavy (non-hydrogen) atoms. The molecule has 1 unspecified atom stereocenters. The summed E-state index contributed by atoms with van der Waals surface area (Å²) in [5, 5.41) is 2.01. The van der Waals surface area contributed by atoms with Gasteiger partial charge in [-0.3, -0.25) is 4.79 Å². The van der Waals surface area contributed by atoms with Crippen molar-refractivity contribution in [3.63, 3.8) is 0 Å². The van der Waals surface area contributed by atoms with Crippen molar-refractivity contribution in [1.82, 2.24) is 4.90 Å². The van der Waals surface area contributed by atoms with Gasteiger partial charge in [-0.1, -0.05) is 26.8 Å². The standard InChI is InChI=1S/C12H20N2OS/c1-12(2,3)10(13)11(15)14(4)8-9-6-5-7-16-9/h5-7,10H,8,13H2,1-4H3. The van der Waals surface area contributed by atoms with Crippen molar-refractivity contribution in [3.8, 4) is 0 Å². The van der Waals surface area contributed by atoms with E-state index in [0.29, 0.717) is 6.54 Å². The van der Waals surface area contributed by atoms with Gasteiger partial charge >= 0.3 is 0 Å². The number of likely N-dealkylation sites (N-methyl/N-ethyl adjacent to an activating group) is 1. The van der Waals surface area contributed by atoms with Crippen molar-refractivity contribution in [1.29, 1.82) is 0 Å². The minimum atomic E-state index is -0.447. The molecule has 3 nitrogen and oxygen atoms in total. The van der Waals surface area contributed by atoms with Crippen LogP contribution in [0.5, 0.6) is 0 Å². The van der Waals surface area contributed by atoms with Crippen LogP contribution in [0.1, 0.15) is 25.6 Å². The molecule has 1 aromatic heterocycles. The maximum atomic E-state index is 12.0. The van der Waals surface area contributed by atoms with E-state index in [4.69, 9.17) is 5.73 Å². The molecule has 0 saturated heterocycles. The third-order valence-electron chi connectivity index (χ3n) is 2.55.